The Kier molecular flexibility index (Phi) is 9.80. The molecule has 0 spiro atoms. The summed E-state index contributed by atoms with van der Waals surface area (Å²) in [5, 5.41) is 3.20. The molecule has 34 heavy (non-hydrogen) atoms. The molecule has 0 aliphatic heterocycles. The van der Waals surface area contributed by atoms with E-state index >= 15 is 0 Å². The summed E-state index contributed by atoms with van der Waals surface area (Å²) in [6, 6.07) is 15.0. The first-order chi connectivity index (χ1) is 16.5. The summed E-state index contributed by atoms with van der Waals surface area (Å²) in [7, 11) is 1.62. The fourth-order valence-electron chi connectivity index (χ4n) is 4.44. The molecule has 0 saturated heterocycles. The highest BCUT2D eigenvalue weighted by Crippen LogP contribution is 2.20. The quantitative estimate of drug-likeness (QED) is 0.512. The molecule has 1 unspecified atom stereocenters. The molecule has 0 heterocycles. The fourth-order valence-corrected chi connectivity index (χ4v) is 4.44. The zero-order chi connectivity index (χ0) is 24.3. The van der Waals surface area contributed by atoms with Crippen molar-refractivity contribution in [3.63, 3.8) is 0 Å². The Morgan fingerprint density at radius 3 is 2.15 bits per heavy atom. The molecule has 6 heteroatoms. The van der Waals surface area contributed by atoms with Crippen LogP contribution in [0, 0.1) is 0 Å². The number of carbonyl (C=O) groups is 2. The molecule has 0 aromatic heterocycles. The van der Waals surface area contributed by atoms with Crippen molar-refractivity contribution in [1.82, 2.24) is 10.2 Å². The molecule has 1 aliphatic carbocycles. The molecule has 2 aromatic carbocycles. The van der Waals surface area contributed by atoms with Crippen molar-refractivity contribution in [2.75, 3.05) is 13.7 Å². The molecule has 2 amide bonds. The maximum atomic E-state index is 13.4. The summed E-state index contributed by atoms with van der Waals surface area (Å²) in [6.07, 6.45) is 7.00. The number of nitrogens with zero attached hydrogens (tertiary/aromatic N) is 1. The second kappa shape index (κ2) is 13.0. The Morgan fingerprint density at radius 1 is 0.941 bits per heavy atom. The lowest BCUT2D eigenvalue weighted by Crippen LogP contribution is -2.52. The lowest BCUT2D eigenvalue weighted by Gasteiger charge is -2.32. The topological polar surface area (TPSA) is 67.9 Å². The van der Waals surface area contributed by atoms with Crippen molar-refractivity contribution >= 4 is 11.8 Å². The van der Waals surface area contributed by atoms with Gasteiger partial charge in [0.15, 0.2) is 6.61 Å². The summed E-state index contributed by atoms with van der Waals surface area (Å²) < 4.78 is 11.1. The number of rotatable bonds is 11. The van der Waals surface area contributed by atoms with E-state index in [9.17, 15) is 9.59 Å². The van der Waals surface area contributed by atoms with Crippen LogP contribution in [0.5, 0.6) is 11.5 Å². The number of methoxy groups -OCH3 is 1. The van der Waals surface area contributed by atoms with E-state index in [1.54, 1.807) is 12.0 Å². The summed E-state index contributed by atoms with van der Waals surface area (Å²) in [5.41, 5.74) is 2.15. The van der Waals surface area contributed by atoms with E-state index in [4.69, 9.17) is 9.47 Å². The van der Waals surface area contributed by atoms with Crippen LogP contribution in [-0.2, 0) is 22.6 Å². The highest BCUT2D eigenvalue weighted by Gasteiger charge is 2.30. The maximum absolute atomic E-state index is 13.4. The molecule has 1 saturated carbocycles. The van der Waals surface area contributed by atoms with Crippen LogP contribution >= 0.6 is 0 Å². The van der Waals surface area contributed by atoms with Gasteiger partial charge < -0.3 is 19.7 Å². The highest BCUT2D eigenvalue weighted by molar-refractivity contribution is 5.88. The summed E-state index contributed by atoms with van der Waals surface area (Å²) >= 11 is 0. The van der Waals surface area contributed by atoms with Crippen LogP contribution in [-0.4, -0.2) is 42.5 Å². The third-order valence-electron chi connectivity index (χ3n) is 6.54. The summed E-state index contributed by atoms with van der Waals surface area (Å²) in [5.74, 6) is 1.11. The second-order valence-corrected chi connectivity index (χ2v) is 8.92. The standard InChI is InChI=1S/C28H38N2O4/c1-4-21-11-17-25(18-12-21)34-20-27(31)30(19-22-13-15-24(33-3)16-14-22)26(5-2)28(32)29-23-9-7-6-8-10-23/h11-18,23,26H,4-10,19-20H2,1-3H3,(H,29,32). The molecule has 1 atom stereocenters. The number of ether oxygens (including phenoxy) is 2. The Bertz CT molecular complexity index is 905. The highest BCUT2D eigenvalue weighted by atomic mass is 16.5. The molecule has 1 fully saturated rings. The van der Waals surface area contributed by atoms with E-state index in [-0.39, 0.29) is 24.5 Å². The van der Waals surface area contributed by atoms with Crippen molar-refractivity contribution in [3.05, 3.63) is 59.7 Å². The summed E-state index contributed by atoms with van der Waals surface area (Å²) in [4.78, 5) is 28.3. The molecule has 3 rings (SSSR count). The van der Waals surface area contributed by atoms with E-state index in [1.165, 1.54) is 12.0 Å². The molecule has 6 nitrogen and oxygen atoms in total. The van der Waals surface area contributed by atoms with E-state index in [0.29, 0.717) is 18.7 Å². The first-order valence-corrected chi connectivity index (χ1v) is 12.5. The van der Waals surface area contributed by atoms with Crippen molar-refractivity contribution in [3.8, 4) is 11.5 Å². The minimum absolute atomic E-state index is 0.0800. The van der Waals surface area contributed by atoms with Crippen LogP contribution in [0.15, 0.2) is 48.5 Å². The third-order valence-corrected chi connectivity index (χ3v) is 6.54. The van der Waals surface area contributed by atoms with E-state index in [1.807, 2.05) is 55.5 Å². The molecule has 184 valence electrons. The van der Waals surface area contributed by atoms with Crippen molar-refractivity contribution in [1.29, 1.82) is 0 Å². The van der Waals surface area contributed by atoms with Crippen LogP contribution in [0.25, 0.3) is 0 Å². The Balaban J connectivity index is 1.73. The molecule has 0 radical (unpaired) electrons. The summed E-state index contributed by atoms with van der Waals surface area (Å²) in [6.45, 7) is 4.26. The predicted molar refractivity (Wildman–Crippen MR) is 134 cm³/mol. The lowest BCUT2D eigenvalue weighted by atomic mass is 9.95. The monoisotopic (exact) mass is 466 g/mol. The van der Waals surface area contributed by atoms with Crippen molar-refractivity contribution < 1.29 is 19.1 Å². The lowest BCUT2D eigenvalue weighted by molar-refractivity contribution is -0.143. The molecule has 1 aliphatic rings. The molecular formula is C28H38N2O4. The van der Waals surface area contributed by atoms with Crippen LogP contribution in [0.2, 0.25) is 0 Å². The first-order valence-electron chi connectivity index (χ1n) is 12.5. The zero-order valence-electron chi connectivity index (χ0n) is 20.7. The SMILES string of the molecule is CCc1ccc(OCC(=O)N(Cc2ccc(OC)cc2)C(CC)C(=O)NC2CCCCC2)cc1. The van der Waals surface area contributed by atoms with Crippen LogP contribution in [0.4, 0.5) is 0 Å². The van der Waals surface area contributed by atoms with Gasteiger partial charge >= 0.3 is 0 Å². The van der Waals surface area contributed by atoms with E-state index in [2.05, 4.69) is 12.2 Å². The second-order valence-electron chi connectivity index (χ2n) is 8.92. The Hall–Kier alpha value is -3.02. The van der Waals surface area contributed by atoms with Gasteiger partial charge in [-0.25, -0.2) is 0 Å². The minimum Gasteiger partial charge on any atom is -0.497 e. The van der Waals surface area contributed by atoms with Gasteiger partial charge in [0, 0.05) is 12.6 Å². The third kappa shape index (κ3) is 7.24. The minimum atomic E-state index is -0.553. The van der Waals surface area contributed by atoms with Crippen molar-refractivity contribution in [2.24, 2.45) is 0 Å². The van der Waals surface area contributed by atoms with Gasteiger partial charge in [-0.3, -0.25) is 9.59 Å². The van der Waals surface area contributed by atoms with E-state index in [0.717, 1.165) is 43.4 Å². The maximum Gasteiger partial charge on any atom is 0.261 e. The van der Waals surface area contributed by atoms with Crippen LogP contribution in [0.3, 0.4) is 0 Å². The number of aryl methyl sites for hydroxylation is 1. The van der Waals surface area contributed by atoms with Gasteiger partial charge in [0.25, 0.3) is 5.91 Å². The zero-order valence-corrected chi connectivity index (χ0v) is 20.7. The van der Waals surface area contributed by atoms with Gasteiger partial charge in [-0.05, 0) is 61.1 Å². The van der Waals surface area contributed by atoms with Crippen LogP contribution < -0.4 is 14.8 Å². The van der Waals surface area contributed by atoms with Crippen LogP contribution in [0.1, 0.15) is 63.5 Å². The first kappa shape index (κ1) is 25.6. The number of nitrogens with one attached hydrogen (secondary N) is 1. The normalized spacial score (nSPS) is 14.8. The molecule has 2 aromatic rings. The number of benzene rings is 2. The van der Waals surface area contributed by atoms with E-state index < -0.39 is 6.04 Å². The number of hydrogen-bond donors (Lipinski definition) is 1. The van der Waals surface area contributed by atoms with Gasteiger partial charge in [0.1, 0.15) is 17.5 Å². The number of amides is 2. The number of hydrogen-bond acceptors (Lipinski definition) is 4. The largest absolute Gasteiger partial charge is 0.497 e. The Morgan fingerprint density at radius 2 is 1.56 bits per heavy atom. The van der Waals surface area contributed by atoms with Gasteiger partial charge in [0.2, 0.25) is 5.91 Å². The molecular weight excluding hydrogens is 428 g/mol. The smallest absolute Gasteiger partial charge is 0.261 e. The van der Waals surface area contributed by atoms with Gasteiger partial charge in [-0.15, -0.1) is 0 Å². The molecule has 1 N–H and O–H groups in total. The average molecular weight is 467 g/mol. The van der Waals surface area contributed by atoms with Gasteiger partial charge in [-0.2, -0.15) is 0 Å². The predicted octanol–water partition coefficient (Wildman–Crippen LogP) is 4.89. The van der Waals surface area contributed by atoms with Gasteiger partial charge in [0.05, 0.1) is 7.11 Å². The molecule has 0 bridgehead atoms. The fraction of sp³-hybridized carbons (Fsp3) is 0.500. The number of carbonyl (C=O) groups excluding carboxylic acids is 2. The Labute approximate surface area is 203 Å². The van der Waals surface area contributed by atoms with Crippen molar-refractivity contribution in [2.45, 2.75) is 77.4 Å². The van der Waals surface area contributed by atoms with Gasteiger partial charge in [-0.1, -0.05) is 57.4 Å². The average Bonchev–Trinajstić information content (AvgIpc) is 2.88.